The van der Waals surface area contributed by atoms with Crippen molar-refractivity contribution in [3.63, 3.8) is 0 Å². The Kier molecular flexibility index (Phi) is 4.22. The van der Waals surface area contributed by atoms with E-state index in [0.29, 0.717) is 11.6 Å². The van der Waals surface area contributed by atoms with Crippen LogP contribution in [0.25, 0.3) is 0 Å². The van der Waals surface area contributed by atoms with Crippen LogP contribution in [-0.2, 0) is 4.79 Å². The first-order valence-electron chi connectivity index (χ1n) is 6.05. The van der Waals surface area contributed by atoms with Crippen molar-refractivity contribution in [1.29, 1.82) is 0 Å². The zero-order chi connectivity index (χ0) is 13.1. The van der Waals surface area contributed by atoms with Crippen LogP contribution in [0, 0.1) is 0 Å². The normalized spacial score (nSPS) is 21.4. The van der Waals surface area contributed by atoms with Crippen molar-refractivity contribution >= 4 is 23.2 Å². The van der Waals surface area contributed by atoms with Crippen LogP contribution in [0.5, 0.6) is 0 Å². The molecule has 0 saturated carbocycles. The van der Waals surface area contributed by atoms with E-state index in [1.165, 1.54) is 0 Å². The summed E-state index contributed by atoms with van der Waals surface area (Å²) in [5.74, 6) is 0.139. The maximum absolute atomic E-state index is 12.4. The van der Waals surface area contributed by atoms with Gasteiger partial charge >= 0.3 is 0 Å². The first kappa shape index (κ1) is 13.3. The zero-order valence-corrected chi connectivity index (χ0v) is 11.4. The number of hydrogen-bond acceptors (Lipinski definition) is 3. The highest BCUT2D eigenvalue weighted by atomic mass is 35.5. The lowest BCUT2D eigenvalue weighted by atomic mass is 10.1. The lowest BCUT2D eigenvalue weighted by Crippen LogP contribution is -2.58. The summed E-state index contributed by atoms with van der Waals surface area (Å²) in [6.07, 6.45) is 0. The molecule has 1 aromatic carbocycles. The average molecular weight is 268 g/mol. The van der Waals surface area contributed by atoms with Gasteiger partial charge in [-0.25, -0.2) is 0 Å². The van der Waals surface area contributed by atoms with Crippen LogP contribution in [-0.4, -0.2) is 50.6 Å². The Morgan fingerprint density at radius 2 is 2.00 bits per heavy atom. The molecule has 1 amide bonds. The summed E-state index contributed by atoms with van der Waals surface area (Å²) in [5.41, 5.74) is 0.915. The molecule has 2 rings (SSSR count). The molecular weight excluding hydrogens is 250 g/mol. The van der Waals surface area contributed by atoms with Crippen LogP contribution in [0.4, 0.5) is 5.69 Å². The quantitative estimate of drug-likeness (QED) is 0.894. The van der Waals surface area contributed by atoms with Crippen molar-refractivity contribution in [3.05, 3.63) is 29.3 Å². The van der Waals surface area contributed by atoms with Crippen LogP contribution in [0.15, 0.2) is 24.3 Å². The van der Waals surface area contributed by atoms with Crippen LogP contribution >= 0.6 is 11.6 Å². The van der Waals surface area contributed by atoms with E-state index in [-0.39, 0.29) is 11.9 Å². The topological polar surface area (TPSA) is 35.6 Å². The maximum Gasteiger partial charge on any atom is 0.245 e. The minimum atomic E-state index is -0.0978. The summed E-state index contributed by atoms with van der Waals surface area (Å²) in [4.78, 5) is 16.3. The van der Waals surface area contributed by atoms with Gasteiger partial charge in [0.05, 0.1) is 0 Å². The van der Waals surface area contributed by atoms with Gasteiger partial charge in [-0.05, 0) is 38.4 Å². The number of hydrogen-bond donors (Lipinski definition) is 1. The van der Waals surface area contributed by atoms with Gasteiger partial charge in [-0.2, -0.15) is 0 Å². The molecular formula is C13H18ClN3O. The number of carbonyl (C=O) groups excluding carboxylic acids is 1. The highest BCUT2D eigenvalue weighted by molar-refractivity contribution is 6.30. The molecule has 0 radical (unpaired) electrons. The summed E-state index contributed by atoms with van der Waals surface area (Å²) >= 11 is 5.87. The van der Waals surface area contributed by atoms with E-state index in [0.717, 1.165) is 18.8 Å². The number of amides is 1. The van der Waals surface area contributed by atoms with Gasteiger partial charge in [0.25, 0.3) is 0 Å². The van der Waals surface area contributed by atoms with Crippen molar-refractivity contribution in [1.82, 2.24) is 10.2 Å². The number of rotatable bonds is 3. The molecule has 1 aliphatic heterocycles. The Morgan fingerprint density at radius 3 is 2.61 bits per heavy atom. The fourth-order valence-corrected chi connectivity index (χ4v) is 2.33. The Hall–Kier alpha value is -1.10. The number of carbonyl (C=O) groups is 1. The molecule has 0 aromatic heterocycles. The molecule has 1 aliphatic rings. The molecule has 98 valence electrons. The predicted molar refractivity (Wildman–Crippen MR) is 74.1 cm³/mol. The van der Waals surface area contributed by atoms with E-state index >= 15 is 0 Å². The monoisotopic (exact) mass is 267 g/mol. The number of likely N-dealkylation sites (N-methyl/N-ethyl adjacent to an activating group) is 2. The molecule has 1 fully saturated rings. The van der Waals surface area contributed by atoms with Gasteiger partial charge in [0.15, 0.2) is 0 Å². The third-order valence-electron chi connectivity index (χ3n) is 3.30. The Labute approximate surface area is 113 Å². The Morgan fingerprint density at radius 1 is 1.33 bits per heavy atom. The summed E-state index contributed by atoms with van der Waals surface area (Å²) in [5, 5.41) is 3.76. The molecule has 1 saturated heterocycles. The van der Waals surface area contributed by atoms with Crippen LogP contribution in [0.3, 0.4) is 0 Å². The fourth-order valence-electron chi connectivity index (χ4n) is 2.21. The lowest BCUT2D eigenvalue weighted by Gasteiger charge is -2.38. The van der Waals surface area contributed by atoms with E-state index in [2.05, 4.69) is 10.2 Å². The van der Waals surface area contributed by atoms with Gasteiger partial charge in [0.1, 0.15) is 6.04 Å². The zero-order valence-electron chi connectivity index (χ0n) is 10.7. The van der Waals surface area contributed by atoms with E-state index in [4.69, 9.17) is 11.6 Å². The van der Waals surface area contributed by atoms with Crippen LogP contribution in [0.1, 0.15) is 0 Å². The van der Waals surface area contributed by atoms with Gasteiger partial charge in [-0.15, -0.1) is 0 Å². The highest BCUT2D eigenvalue weighted by Crippen LogP contribution is 2.21. The molecule has 5 heteroatoms. The smallest absolute Gasteiger partial charge is 0.245 e. The number of piperazine rings is 1. The highest BCUT2D eigenvalue weighted by Gasteiger charge is 2.32. The van der Waals surface area contributed by atoms with Crippen molar-refractivity contribution in [2.45, 2.75) is 6.04 Å². The third-order valence-corrected chi connectivity index (χ3v) is 3.55. The number of anilines is 1. The number of halogens is 1. The van der Waals surface area contributed by atoms with Crippen molar-refractivity contribution < 1.29 is 4.79 Å². The minimum Gasteiger partial charge on any atom is -0.318 e. The summed E-state index contributed by atoms with van der Waals surface area (Å²) in [7, 11) is 3.85. The molecule has 0 spiro atoms. The number of benzene rings is 1. The number of nitrogens with one attached hydrogen (secondary N) is 1. The van der Waals surface area contributed by atoms with E-state index in [1.54, 1.807) is 0 Å². The largest absolute Gasteiger partial charge is 0.318 e. The molecule has 1 heterocycles. The average Bonchev–Trinajstić information content (AvgIpc) is 2.36. The van der Waals surface area contributed by atoms with Gasteiger partial charge in [0, 0.05) is 30.3 Å². The van der Waals surface area contributed by atoms with Crippen molar-refractivity contribution in [2.24, 2.45) is 0 Å². The minimum absolute atomic E-state index is 0.0978. The van der Waals surface area contributed by atoms with Gasteiger partial charge in [-0.3, -0.25) is 9.69 Å². The standard InChI is InChI=1S/C13H18ClN3O/c1-15-9-12-13(18)17(8-7-16(12)2)11-5-3-10(14)4-6-11/h3-6,12,15H,7-9H2,1-2H3. The van der Waals surface area contributed by atoms with E-state index in [9.17, 15) is 4.79 Å². The fraction of sp³-hybridized carbons (Fsp3) is 0.462. The second-order valence-electron chi connectivity index (χ2n) is 4.52. The Bertz CT molecular complexity index is 421. The summed E-state index contributed by atoms with van der Waals surface area (Å²) < 4.78 is 0. The molecule has 1 unspecified atom stereocenters. The van der Waals surface area contributed by atoms with Crippen molar-refractivity contribution in [2.75, 3.05) is 38.6 Å². The van der Waals surface area contributed by atoms with E-state index in [1.807, 2.05) is 43.3 Å². The van der Waals surface area contributed by atoms with E-state index < -0.39 is 0 Å². The second kappa shape index (κ2) is 5.69. The third kappa shape index (κ3) is 2.66. The van der Waals surface area contributed by atoms with Gasteiger partial charge < -0.3 is 10.2 Å². The molecule has 18 heavy (non-hydrogen) atoms. The predicted octanol–water partition coefficient (Wildman–Crippen LogP) is 1.21. The molecule has 1 atom stereocenters. The first-order valence-corrected chi connectivity index (χ1v) is 6.43. The Balaban J connectivity index is 2.18. The SMILES string of the molecule is CNCC1C(=O)N(c2ccc(Cl)cc2)CCN1C. The number of nitrogens with zero attached hydrogens (tertiary/aromatic N) is 2. The molecule has 0 aliphatic carbocycles. The summed E-state index contributed by atoms with van der Waals surface area (Å²) in [6, 6.07) is 7.31. The molecule has 1 N–H and O–H groups in total. The second-order valence-corrected chi connectivity index (χ2v) is 4.96. The molecule has 1 aromatic rings. The van der Waals surface area contributed by atoms with Gasteiger partial charge in [0.2, 0.25) is 5.91 Å². The molecule has 4 nitrogen and oxygen atoms in total. The van der Waals surface area contributed by atoms with Crippen LogP contribution in [0.2, 0.25) is 5.02 Å². The lowest BCUT2D eigenvalue weighted by molar-refractivity contribution is -0.125. The van der Waals surface area contributed by atoms with Gasteiger partial charge in [-0.1, -0.05) is 11.6 Å². The molecule has 0 bridgehead atoms. The first-order chi connectivity index (χ1) is 8.63. The summed E-state index contributed by atoms with van der Waals surface area (Å²) in [6.45, 7) is 2.26. The van der Waals surface area contributed by atoms with Crippen LogP contribution < -0.4 is 10.2 Å². The maximum atomic E-state index is 12.4. The van der Waals surface area contributed by atoms with Crippen molar-refractivity contribution in [3.8, 4) is 0 Å².